The quantitative estimate of drug-likeness (QED) is 0.671. The fourth-order valence-electron chi connectivity index (χ4n) is 3.54. The molecule has 2 aromatic rings. The molecule has 1 amide bonds. The maximum absolute atomic E-state index is 13.1. The Morgan fingerprint density at radius 2 is 1.93 bits per heavy atom. The third-order valence-electron chi connectivity index (χ3n) is 5.27. The van der Waals surface area contributed by atoms with E-state index in [9.17, 15) is 13.2 Å². The largest absolute Gasteiger partial charge is 0.497 e. The van der Waals surface area contributed by atoms with Crippen molar-refractivity contribution in [2.24, 2.45) is 5.92 Å². The topological polar surface area (TPSA) is 76.2 Å². The first-order chi connectivity index (χ1) is 14.3. The molecule has 0 bridgehead atoms. The second-order valence-corrected chi connectivity index (χ2v) is 9.44. The molecule has 1 aliphatic heterocycles. The van der Waals surface area contributed by atoms with Crippen molar-refractivity contribution < 1.29 is 22.7 Å². The Hall–Kier alpha value is -2.29. The van der Waals surface area contributed by atoms with Gasteiger partial charge in [0.1, 0.15) is 11.5 Å². The summed E-state index contributed by atoms with van der Waals surface area (Å²) in [5.41, 5.74) is 0.696. The van der Waals surface area contributed by atoms with Gasteiger partial charge in [0.25, 0.3) is 0 Å². The smallest absolute Gasteiger partial charge is 0.243 e. The highest BCUT2D eigenvalue weighted by Gasteiger charge is 2.35. The van der Waals surface area contributed by atoms with Crippen molar-refractivity contribution in [3.8, 4) is 11.5 Å². The van der Waals surface area contributed by atoms with Crippen molar-refractivity contribution in [2.75, 3.05) is 39.3 Å². The summed E-state index contributed by atoms with van der Waals surface area (Å²) >= 11 is 6.11. The molecular formula is C21H25ClN2O5S. The lowest BCUT2D eigenvalue weighted by atomic mass is 9.98. The van der Waals surface area contributed by atoms with Crippen LogP contribution >= 0.6 is 11.6 Å². The standard InChI is InChI=1S/C21H25ClN2O5S/c1-23(16-7-4-8-17(12-16)28-2)21(25)15-6-5-11-24(14-15)30(26,27)18-9-10-20(29-3)19(22)13-18/h4,7-10,12-13,15H,5-6,11,14H2,1-3H3. The highest BCUT2D eigenvalue weighted by molar-refractivity contribution is 7.89. The van der Waals surface area contributed by atoms with Crippen molar-refractivity contribution in [1.29, 1.82) is 0 Å². The van der Waals surface area contributed by atoms with E-state index in [0.29, 0.717) is 36.6 Å². The second kappa shape index (κ2) is 9.24. The number of halogens is 1. The van der Waals surface area contributed by atoms with Crippen LogP contribution in [0.2, 0.25) is 5.02 Å². The molecule has 0 radical (unpaired) electrons. The number of nitrogens with zero attached hydrogens (tertiary/aromatic N) is 2. The van der Waals surface area contributed by atoms with E-state index in [1.165, 1.54) is 29.6 Å². The Morgan fingerprint density at radius 1 is 1.17 bits per heavy atom. The molecule has 9 heteroatoms. The number of sulfonamides is 1. The minimum atomic E-state index is -3.77. The molecule has 0 spiro atoms. The third kappa shape index (κ3) is 4.55. The molecule has 0 aromatic heterocycles. The van der Waals surface area contributed by atoms with Gasteiger partial charge in [-0.3, -0.25) is 4.79 Å². The van der Waals surface area contributed by atoms with E-state index >= 15 is 0 Å². The van der Waals surface area contributed by atoms with E-state index < -0.39 is 15.9 Å². The minimum Gasteiger partial charge on any atom is -0.497 e. The predicted molar refractivity (Wildman–Crippen MR) is 116 cm³/mol. The first kappa shape index (κ1) is 22.4. The summed E-state index contributed by atoms with van der Waals surface area (Å²) < 4.78 is 37.9. The molecule has 30 heavy (non-hydrogen) atoms. The Bertz CT molecular complexity index is 1030. The van der Waals surface area contributed by atoms with Crippen LogP contribution in [0.4, 0.5) is 5.69 Å². The summed E-state index contributed by atoms with van der Waals surface area (Å²) in [6.07, 6.45) is 1.23. The number of hydrogen-bond donors (Lipinski definition) is 0. The van der Waals surface area contributed by atoms with Crippen LogP contribution in [0.1, 0.15) is 12.8 Å². The van der Waals surface area contributed by atoms with Crippen LogP contribution in [0.5, 0.6) is 11.5 Å². The van der Waals surface area contributed by atoms with Gasteiger partial charge in [-0.05, 0) is 43.2 Å². The van der Waals surface area contributed by atoms with Crippen LogP contribution in [-0.4, -0.2) is 53.0 Å². The summed E-state index contributed by atoms with van der Waals surface area (Å²) in [6, 6.07) is 11.6. The zero-order valence-electron chi connectivity index (χ0n) is 17.2. The molecule has 162 valence electrons. The van der Waals surface area contributed by atoms with E-state index in [1.807, 2.05) is 12.1 Å². The number of ether oxygens (including phenoxy) is 2. The molecule has 1 heterocycles. The van der Waals surface area contributed by atoms with Gasteiger partial charge in [0.15, 0.2) is 0 Å². The van der Waals surface area contributed by atoms with Crippen LogP contribution in [-0.2, 0) is 14.8 Å². The summed E-state index contributed by atoms with van der Waals surface area (Å²) in [6.45, 7) is 0.484. The molecule has 1 saturated heterocycles. The average Bonchev–Trinajstić information content (AvgIpc) is 2.78. The lowest BCUT2D eigenvalue weighted by Crippen LogP contribution is -2.45. The predicted octanol–water partition coefficient (Wildman–Crippen LogP) is 3.42. The van der Waals surface area contributed by atoms with E-state index in [2.05, 4.69) is 0 Å². The molecule has 0 N–H and O–H groups in total. The van der Waals surface area contributed by atoms with Crippen molar-refractivity contribution in [3.05, 3.63) is 47.5 Å². The van der Waals surface area contributed by atoms with Gasteiger partial charge < -0.3 is 14.4 Å². The monoisotopic (exact) mass is 452 g/mol. The van der Waals surface area contributed by atoms with E-state index in [0.717, 1.165) is 0 Å². The highest BCUT2D eigenvalue weighted by Crippen LogP contribution is 2.31. The molecule has 7 nitrogen and oxygen atoms in total. The van der Waals surface area contributed by atoms with Gasteiger partial charge in [-0.1, -0.05) is 17.7 Å². The normalized spacial score (nSPS) is 17.4. The fourth-order valence-corrected chi connectivity index (χ4v) is 5.41. The Labute approximate surface area is 182 Å². The Kier molecular flexibility index (Phi) is 6.90. The Balaban J connectivity index is 1.78. The molecule has 3 rings (SSSR count). The molecular weight excluding hydrogens is 428 g/mol. The number of carbonyl (C=O) groups is 1. The number of carbonyl (C=O) groups excluding carboxylic acids is 1. The summed E-state index contributed by atoms with van der Waals surface area (Å²) in [7, 11) is 0.947. The van der Waals surface area contributed by atoms with Crippen LogP contribution in [0.3, 0.4) is 0 Å². The molecule has 1 unspecified atom stereocenters. The number of hydrogen-bond acceptors (Lipinski definition) is 5. The summed E-state index contributed by atoms with van der Waals surface area (Å²) in [5.74, 6) is 0.493. The van der Waals surface area contributed by atoms with E-state index in [-0.39, 0.29) is 22.4 Å². The van der Waals surface area contributed by atoms with Crippen molar-refractivity contribution in [2.45, 2.75) is 17.7 Å². The number of piperidine rings is 1. The van der Waals surface area contributed by atoms with Crippen molar-refractivity contribution >= 4 is 33.2 Å². The van der Waals surface area contributed by atoms with Gasteiger partial charge in [-0.2, -0.15) is 4.31 Å². The fraction of sp³-hybridized carbons (Fsp3) is 0.381. The van der Waals surface area contributed by atoms with E-state index in [1.54, 1.807) is 31.2 Å². The number of rotatable bonds is 6. The van der Waals surface area contributed by atoms with Gasteiger partial charge in [-0.25, -0.2) is 8.42 Å². The zero-order valence-corrected chi connectivity index (χ0v) is 18.7. The second-order valence-electron chi connectivity index (χ2n) is 7.10. The van der Waals surface area contributed by atoms with Crippen LogP contribution < -0.4 is 14.4 Å². The van der Waals surface area contributed by atoms with Crippen LogP contribution in [0, 0.1) is 5.92 Å². The zero-order chi connectivity index (χ0) is 21.9. The minimum absolute atomic E-state index is 0.0857. The number of benzene rings is 2. The van der Waals surface area contributed by atoms with Crippen molar-refractivity contribution in [1.82, 2.24) is 4.31 Å². The Morgan fingerprint density at radius 3 is 2.60 bits per heavy atom. The first-order valence-electron chi connectivity index (χ1n) is 9.53. The molecule has 2 aromatic carbocycles. The highest BCUT2D eigenvalue weighted by atomic mass is 35.5. The molecule has 1 fully saturated rings. The lowest BCUT2D eigenvalue weighted by molar-refractivity contribution is -0.123. The summed E-state index contributed by atoms with van der Waals surface area (Å²) in [5, 5.41) is 0.223. The van der Waals surface area contributed by atoms with E-state index in [4.69, 9.17) is 21.1 Å². The SMILES string of the molecule is COc1cccc(N(C)C(=O)C2CCCN(S(=O)(=O)c3ccc(OC)c(Cl)c3)C2)c1. The average molecular weight is 453 g/mol. The molecule has 0 saturated carbocycles. The maximum Gasteiger partial charge on any atom is 0.243 e. The lowest BCUT2D eigenvalue weighted by Gasteiger charge is -2.33. The van der Waals surface area contributed by atoms with Gasteiger partial charge in [0.2, 0.25) is 15.9 Å². The summed E-state index contributed by atoms with van der Waals surface area (Å²) in [4.78, 5) is 14.7. The van der Waals surface area contributed by atoms with Crippen LogP contribution in [0.25, 0.3) is 0 Å². The number of anilines is 1. The molecule has 1 aliphatic rings. The molecule has 1 atom stereocenters. The van der Waals surface area contributed by atoms with Crippen LogP contribution in [0.15, 0.2) is 47.4 Å². The van der Waals surface area contributed by atoms with Gasteiger partial charge in [0, 0.05) is 31.9 Å². The maximum atomic E-state index is 13.1. The van der Waals surface area contributed by atoms with Gasteiger partial charge >= 0.3 is 0 Å². The first-order valence-corrected chi connectivity index (χ1v) is 11.3. The van der Waals surface area contributed by atoms with Gasteiger partial charge in [0.05, 0.1) is 30.1 Å². The molecule has 0 aliphatic carbocycles. The number of amides is 1. The van der Waals surface area contributed by atoms with Crippen molar-refractivity contribution in [3.63, 3.8) is 0 Å². The number of methoxy groups -OCH3 is 2. The third-order valence-corrected chi connectivity index (χ3v) is 7.42. The van der Waals surface area contributed by atoms with Gasteiger partial charge in [-0.15, -0.1) is 0 Å².